The van der Waals surface area contributed by atoms with Crippen LogP contribution in [0.1, 0.15) is 17.2 Å². The third-order valence-electron chi connectivity index (χ3n) is 3.20. The number of hydrogen-bond donors (Lipinski definition) is 3. The maximum Gasteiger partial charge on any atom is 0.323 e. The first kappa shape index (κ1) is 13.1. The second kappa shape index (κ2) is 4.88. The zero-order chi connectivity index (χ0) is 14.3. The zero-order valence-electron chi connectivity index (χ0n) is 10.3. The molecule has 2 aromatic carbocycles. The van der Waals surface area contributed by atoms with Crippen LogP contribution in [0.2, 0.25) is 0 Å². The molecule has 6 heteroatoms. The Labute approximate surface area is 121 Å². The predicted molar refractivity (Wildman–Crippen MR) is 79.0 cm³/mol. The number of halogens is 2. The van der Waals surface area contributed by atoms with Gasteiger partial charge in [0.2, 0.25) is 0 Å². The number of aromatic amines is 2. The van der Waals surface area contributed by atoms with E-state index in [4.69, 9.17) is 5.73 Å². The summed E-state index contributed by atoms with van der Waals surface area (Å²) < 4.78 is 13.7. The summed E-state index contributed by atoms with van der Waals surface area (Å²) in [6, 6.07) is 9.43. The summed E-state index contributed by atoms with van der Waals surface area (Å²) in [5.74, 6) is -0.321. The van der Waals surface area contributed by atoms with Crippen LogP contribution < -0.4 is 11.4 Å². The summed E-state index contributed by atoms with van der Waals surface area (Å²) in [6.07, 6.45) is 0. The van der Waals surface area contributed by atoms with Gasteiger partial charge >= 0.3 is 5.69 Å². The molecule has 0 aliphatic rings. The average molecular weight is 336 g/mol. The molecule has 4 nitrogen and oxygen atoms in total. The Morgan fingerprint density at radius 1 is 1.10 bits per heavy atom. The van der Waals surface area contributed by atoms with Crippen molar-refractivity contribution in [2.75, 3.05) is 0 Å². The van der Waals surface area contributed by atoms with E-state index >= 15 is 0 Å². The van der Waals surface area contributed by atoms with Crippen LogP contribution in [0.5, 0.6) is 0 Å². The minimum atomic E-state index is -0.409. The highest BCUT2D eigenvalue weighted by Gasteiger charge is 2.14. The van der Waals surface area contributed by atoms with Crippen LogP contribution in [0, 0.1) is 5.82 Å². The third-order valence-corrected chi connectivity index (χ3v) is 3.88. The van der Waals surface area contributed by atoms with E-state index in [0.717, 1.165) is 16.6 Å². The molecule has 0 fully saturated rings. The minimum Gasteiger partial charge on any atom is -0.320 e. The molecule has 0 bridgehead atoms. The van der Waals surface area contributed by atoms with Crippen LogP contribution >= 0.6 is 15.9 Å². The van der Waals surface area contributed by atoms with Crippen molar-refractivity contribution >= 4 is 27.0 Å². The van der Waals surface area contributed by atoms with Gasteiger partial charge in [0, 0.05) is 4.47 Å². The Hall–Kier alpha value is -1.92. The van der Waals surface area contributed by atoms with E-state index < -0.39 is 6.04 Å². The molecule has 0 aliphatic carbocycles. The average Bonchev–Trinajstić information content (AvgIpc) is 2.77. The number of hydrogen-bond acceptors (Lipinski definition) is 2. The summed E-state index contributed by atoms with van der Waals surface area (Å²) in [7, 11) is 0. The van der Waals surface area contributed by atoms with Crippen molar-refractivity contribution in [1.82, 2.24) is 9.97 Å². The Kier molecular flexibility index (Phi) is 3.19. The minimum absolute atomic E-state index is 0.256. The van der Waals surface area contributed by atoms with Gasteiger partial charge in [-0.3, -0.25) is 0 Å². The number of nitrogens with two attached hydrogens (primary N) is 1. The Morgan fingerprint density at radius 3 is 2.60 bits per heavy atom. The van der Waals surface area contributed by atoms with Crippen molar-refractivity contribution in [3.63, 3.8) is 0 Å². The van der Waals surface area contributed by atoms with Crippen molar-refractivity contribution in [1.29, 1.82) is 0 Å². The Balaban J connectivity index is 2.06. The summed E-state index contributed by atoms with van der Waals surface area (Å²) in [5.41, 5.74) is 8.99. The fourth-order valence-electron chi connectivity index (χ4n) is 2.18. The van der Waals surface area contributed by atoms with Gasteiger partial charge in [-0.1, -0.05) is 28.1 Å². The molecule has 102 valence electrons. The fraction of sp³-hybridized carbons (Fsp3) is 0.0714. The second-order valence-corrected chi connectivity index (χ2v) is 5.38. The van der Waals surface area contributed by atoms with E-state index in [0.29, 0.717) is 9.99 Å². The highest BCUT2D eigenvalue weighted by atomic mass is 79.9. The van der Waals surface area contributed by atoms with Gasteiger partial charge < -0.3 is 15.7 Å². The standard InChI is InChI=1S/C14H11BrFN3O/c15-10-6-8(16)2-3-9(10)13(17)7-1-4-11-12(5-7)19-14(20)18-11/h1-6,13H,17H2,(H2,18,19,20). The van der Waals surface area contributed by atoms with Crippen molar-refractivity contribution in [2.45, 2.75) is 6.04 Å². The lowest BCUT2D eigenvalue weighted by molar-refractivity contribution is 0.625. The lowest BCUT2D eigenvalue weighted by Crippen LogP contribution is -2.12. The lowest BCUT2D eigenvalue weighted by Gasteiger charge is -2.14. The molecule has 0 aliphatic heterocycles. The Morgan fingerprint density at radius 2 is 1.85 bits per heavy atom. The summed E-state index contributed by atoms with van der Waals surface area (Å²) in [5, 5.41) is 0. The summed E-state index contributed by atoms with van der Waals surface area (Å²) in [4.78, 5) is 16.6. The number of rotatable bonds is 2. The van der Waals surface area contributed by atoms with Gasteiger partial charge in [0.25, 0.3) is 0 Å². The molecule has 0 saturated carbocycles. The summed E-state index contributed by atoms with van der Waals surface area (Å²) >= 11 is 3.31. The second-order valence-electron chi connectivity index (χ2n) is 4.53. The quantitative estimate of drug-likeness (QED) is 0.673. The van der Waals surface area contributed by atoms with Gasteiger partial charge in [0.15, 0.2) is 0 Å². The first-order chi connectivity index (χ1) is 9.54. The monoisotopic (exact) mass is 335 g/mol. The van der Waals surface area contributed by atoms with Gasteiger partial charge in [-0.05, 0) is 35.4 Å². The number of nitrogens with one attached hydrogen (secondary N) is 2. The fourth-order valence-corrected chi connectivity index (χ4v) is 2.77. The Bertz CT molecular complexity index is 840. The highest BCUT2D eigenvalue weighted by Crippen LogP contribution is 2.28. The molecule has 1 atom stereocenters. The van der Waals surface area contributed by atoms with Gasteiger partial charge in [-0.15, -0.1) is 0 Å². The smallest absolute Gasteiger partial charge is 0.320 e. The van der Waals surface area contributed by atoms with Crippen LogP contribution in [0.15, 0.2) is 45.7 Å². The first-order valence-corrected chi connectivity index (χ1v) is 6.76. The SMILES string of the molecule is NC(c1ccc2[nH]c(=O)[nH]c2c1)c1ccc(F)cc1Br. The number of imidazole rings is 1. The number of fused-ring (bicyclic) bond motifs is 1. The van der Waals surface area contributed by atoms with Gasteiger partial charge in [-0.2, -0.15) is 0 Å². The van der Waals surface area contributed by atoms with Crippen molar-refractivity contribution in [3.05, 3.63) is 68.3 Å². The molecule has 3 rings (SSSR count). The first-order valence-electron chi connectivity index (χ1n) is 5.97. The molecule has 0 saturated heterocycles. The number of aromatic nitrogens is 2. The molecule has 0 spiro atoms. The van der Waals surface area contributed by atoms with Gasteiger partial charge in [-0.25, -0.2) is 9.18 Å². The van der Waals surface area contributed by atoms with Crippen LogP contribution in [0.4, 0.5) is 4.39 Å². The molecular weight excluding hydrogens is 325 g/mol. The molecular formula is C14H11BrFN3O. The van der Waals surface area contributed by atoms with E-state index in [9.17, 15) is 9.18 Å². The molecule has 0 radical (unpaired) electrons. The van der Waals surface area contributed by atoms with Crippen LogP contribution in [0.3, 0.4) is 0 Å². The van der Waals surface area contributed by atoms with E-state index in [-0.39, 0.29) is 11.5 Å². The maximum absolute atomic E-state index is 13.1. The van der Waals surface area contributed by atoms with E-state index in [1.807, 2.05) is 12.1 Å². The van der Waals surface area contributed by atoms with Gasteiger partial charge in [0.1, 0.15) is 5.82 Å². The molecule has 4 N–H and O–H groups in total. The van der Waals surface area contributed by atoms with Crippen LogP contribution in [-0.4, -0.2) is 9.97 Å². The van der Waals surface area contributed by atoms with E-state index in [1.54, 1.807) is 12.1 Å². The molecule has 20 heavy (non-hydrogen) atoms. The largest absolute Gasteiger partial charge is 0.323 e. The number of benzene rings is 2. The van der Waals surface area contributed by atoms with Crippen LogP contribution in [-0.2, 0) is 0 Å². The molecule has 1 unspecified atom stereocenters. The van der Waals surface area contributed by atoms with E-state index in [2.05, 4.69) is 25.9 Å². The van der Waals surface area contributed by atoms with Crippen molar-refractivity contribution in [3.8, 4) is 0 Å². The zero-order valence-corrected chi connectivity index (χ0v) is 11.9. The van der Waals surface area contributed by atoms with Crippen molar-refractivity contribution in [2.24, 2.45) is 5.73 Å². The molecule has 3 aromatic rings. The maximum atomic E-state index is 13.1. The van der Waals surface area contributed by atoms with Gasteiger partial charge in [0.05, 0.1) is 17.1 Å². The highest BCUT2D eigenvalue weighted by molar-refractivity contribution is 9.10. The third kappa shape index (κ3) is 2.28. The predicted octanol–water partition coefficient (Wildman–Crippen LogP) is 2.81. The lowest BCUT2D eigenvalue weighted by atomic mass is 9.99. The van der Waals surface area contributed by atoms with Crippen molar-refractivity contribution < 1.29 is 4.39 Å². The molecule has 1 aromatic heterocycles. The molecule has 0 amide bonds. The topological polar surface area (TPSA) is 74.7 Å². The molecule has 1 heterocycles. The van der Waals surface area contributed by atoms with Crippen LogP contribution in [0.25, 0.3) is 11.0 Å². The normalized spacial score (nSPS) is 12.8. The number of H-pyrrole nitrogens is 2. The van der Waals surface area contributed by atoms with E-state index in [1.165, 1.54) is 12.1 Å². The summed E-state index contributed by atoms with van der Waals surface area (Å²) in [6.45, 7) is 0.